The number of hydrogen-bond acceptors (Lipinski definition) is 3. The SMILES string of the molecule is CCc1ccc(OCC(N)C(N)=O)c(C(C)(C)C)c1. The topological polar surface area (TPSA) is 78.3 Å². The number of amides is 1. The molecular formula is C15H24N2O2. The van der Waals surface area contributed by atoms with Crippen LogP contribution in [-0.4, -0.2) is 18.6 Å². The molecule has 4 heteroatoms. The predicted octanol–water partition coefficient (Wildman–Crippen LogP) is 1.74. The van der Waals surface area contributed by atoms with Gasteiger partial charge in [-0.05, 0) is 29.0 Å². The molecule has 0 fully saturated rings. The molecule has 0 aliphatic rings. The summed E-state index contributed by atoms with van der Waals surface area (Å²) in [6.45, 7) is 8.60. The average Bonchev–Trinajstić information content (AvgIpc) is 2.34. The van der Waals surface area contributed by atoms with Gasteiger partial charge in [-0.1, -0.05) is 39.8 Å². The summed E-state index contributed by atoms with van der Waals surface area (Å²) < 4.78 is 5.66. The minimum Gasteiger partial charge on any atom is -0.491 e. The molecule has 1 atom stereocenters. The first-order chi connectivity index (χ1) is 8.75. The molecule has 1 unspecified atom stereocenters. The van der Waals surface area contributed by atoms with Crippen LogP contribution in [-0.2, 0) is 16.6 Å². The predicted molar refractivity (Wildman–Crippen MR) is 77.2 cm³/mol. The summed E-state index contributed by atoms with van der Waals surface area (Å²) in [7, 11) is 0. The van der Waals surface area contributed by atoms with Crippen molar-refractivity contribution in [2.75, 3.05) is 6.61 Å². The van der Waals surface area contributed by atoms with Crippen LogP contribution in [0.1, 0.15) is 38.8 Å². The highest BCUT2D eigenvalue weighted by Crippen LogP contribution is 2.32. The molecule has 0 saturated carbocycles. The van der Waals surface area contributed by atoms with Crippen molar-refractivity contribution >= 4 is 5.91 Å². The summed E-state index contributed by atoms with van der Waals surface area (Å²) in [6.07, 6.45) is 0.976. The van der Waals surface area contributed by atoms with Crippen molar-refractivity contribution in [1.29, 1.82) is 0 Å². The van der Waals surface area contributed by atoms with Crippen molar-refractivity contribution in [2.45, 2.75) is 45.6 Å². The van der Waals surface area contributed by atoms with Crippen molar-refractivity contribution in [3.8, 4) is 5.75 Å². The van der Waals surface area contributed by atoms with Crippen LogP contribution in [0, 0.1) is 0 Å². The van der Waals surface area contributed by atoms with Gasteiger partial charge in [0, 0.05) is 0 Å². The van der Waals surface area contributed by atoms with Gasteiger partial charge < -0.3 is 16.2 Å². The maximum absolute atomic E-state index is 10.9. The molecule has 0 saturated heterocycles. The smallest absolute Gasteiger partial charge is 0.237 e. The van der Waals surface area contributed by atoms with Crippen LogP contribution in [0.4, 0.5) is 0 Å². The van der Waals surface area contributed by atoms with Crippen LogP contribution < -0.4 is 16.2 Å². The number of carbonyl (C=O) groups excluding carboxylic acids is 1. The number of benzene rings is 1. The zero-order valence-corrected chi connectivity index (χ0v) is 12.2. The van der Waals surface area contributed by atoms with E-state index in [-0.39, 0.29) is 12.0 Å². The summed E-state index contributed by atoms with van der Waals surface area (Å²) in [5, 5.41) is 0. The van der Waals surface area contributed by atoms with Crippen LogP contribution in [0.3, 0.4) is 0 Å². The van der Waals surface area contributed by atoms with E-state index < -0.39 is 11.9 Å². The highest BCUT2D eigenvalue weighted by atomic mass is 16.5. The molecule has 1 rings (SSSR count). The Hall–Kier alpha value is -1.55. The van der Waals surface area contributed by atoms with Crippen LogP contribution in [0.15, 0.2) is 18.2 Å². The van der Waals surface area contributed by atoms with Gasteiger partial charge in [-0.15, -0.1) is 0 Å². The van der Waals surface area contributed by atoms with E-state index in [4.69, 9.17) is 16.2 Å². The Kier molecular flexibility index (Phi) is 4.95. The van der Waals surface area contributed by atoms with Crippen molar-refractivity contribution in [2.24, 2.45) is 11.5 Å². The van der Waals surface area contributed by atoms with Crippen molar-refractivity contribution in [3.05, 3.63) is 29.3 Å². The quantitative estimate of drug-likeness (QED) is 0.850. The van der Waals surface area contributed by atoms with Gasteiger partial charge in [-0.3, -0.25) is 4.79 Å². The maximum atomic E-state index is 10.9. The molecule has 0 spiro atoms. The number of rotatable bonds is 5. The second kappa shape index (κ2) is 6.06. The Balaban J connectivity index is 2.97. The highest BCUT2D eigenvalue weighted by Gasteiger charge is 2.20. The highest BCUT2D eigenvalue weighted by molar-refractivity contribution is 5.79. The Morgan fingerprint density at radius 1 is 1.37 bits per heavy atom. The fourth-order valence-corrected chi connectivity index (χ4v) is 1.77. The number of nitrogens with two attached hydrogens (primary N) is 2. The van der Waals surface area contributed by atoms with Crippen molar-refractivity contribution in [1.82, 2.24) is 0 Å². The number of ether oxygens (including phenoxy) is 1. The van der Waals surface area contributed by atoms with Gasteiger partial charge >= 0.3 is 0 Å². The monoisotopic (exact) mass is 264 g/mol. The fraction of sp³-hybridized carbons (Fsp3) is 0.533. The van der Waals surface area contributed by atoms with Crippen molar-refractivity contribution in [3.63, 3.8) is 0 Å². The van der Waals surface area contributed by atoms with Crippen LogP contribution >= 0.6 is 0 Å². The third-order valence-electron chi connectivity index (χ3n) is 3.04. The van der Waals surface area contributed by atoms with E-state index in [9.17, 15) is 4.79 Å². The second-order valence-electron chi connectivity index (χ2n) is 5.75. The standard InChI is InChI=1S/C15H24N2O2/c1-5-10-6-7-13(11(8-10)15(2,3)4)19-9-12(16)14(17)18/h6-8,12H,5,9,16H2,1-4H3,(H2,17,18). The molecule has 0 heterocycles. The lowest BCUT2D eigenvalue weighted by atomic mass is 9.85. The van der Waals surface area contributed by atoms with Gasteiger partial charge in [0.05, 0.1) is 0 Å². The minimum atomic E-state index is -0.779. The molecule has 0 aromatic heterocycles. The van der Waals surface area contributed by atoms with Crippen LogP contribution in [0.2, 0.25) is 0 Å². The normalized spacial score (nSPS) is 13.1. The maximum Gasteiger partial charge on any atom is 0.237 e. The summed E-state index contributed by atoms with van der Waals surface area (Å²) >= 11 is 0. The van der Waals surface area contributed by atoms with Gasteiger partial charge in [0.2, 0.25) is 5.91 Å². The zero-order chi connectivity index (χ0) is 14.6. The molecule has 0 radical (unpaired) electrons. The van der Waals surface area contributed by atoms with Gasteiger partial charge in [-0.2, -0.15) is 0 Å². The molecule has 1 amide bonds. The second-order valence-corrected chi connectivity index (χ2v) is 5.75. The van der Waals surface area contributed by atoms with E-state index in [1.54, 1.807) is 0 Å². The summed E-state index contributed by atoms with van der Waals surface area (Å²) in [5.74, 6) is 0.212. The molecule has 0 aliphatic carbocycles. The molecule has 106 valence electrons. The van der Waals surface area contributed by atoms with Gasteiger partial charge in [0.15, 0.2) is 0 Å². The molecule has 0 bridgehead atoms. The molecular weight excluding hydrogens is 240 g/mol. The fourth-order valence-electron chi connectivity index (χ4n) is 1.77. The minimum absolute atomic E-state index is 0.0304. The Morgan fingerprint density at radius 2 is 2.00 bits per heavy atom. The lowest BCUT2D eigenvalue weighted by Crippen LogP contribution is -2.41. The van der Waals surface area contributed by atoms with Gasteiger partial charge in [0.25, 0.3) is 0 Å². The van der Waals surface area contributed by atoms with E-state index in [0.717, 1.165) is 17.7 Å². The third kappa shape index (κ3) is 4.24. The Labute approximate surface area is 115 Å². The Bertz CT molecular complexity index is 450. The first-order valence-electron chi connectivity index (χ1n) is 6.56. The van der Waals surface area contributed by atoms with Gasteiger partial charge in [-0.25, -0.2) is 0 Å². The number of primary amides is 1. The van der Waals surface area contributed by atoms with Crippen LogP contribution in [0.5, 0.6) is 5.75 Å². The molecule has 1 aromatic rings. The molecule has 19 heavy (non-hydrogen) atoms. The zero-order valence-electron chi connectivity index (χ0n) is 12.2. The van der Waals surface area contributed by atoms with Crippen molar-refractivity contribution < 1.29 is 9.53 Å². The van der Waals surface area contributed by atoms with Crippen LogP contribution in [0.25, 0.3) is 0 Å². The average molecular weight is 264 g/mol. The first-order valence-corrected chi connectivity index (χ1v) is 6.56. The van der Waals surface area contributed by atoms with E-state index >= 15 is 0 Å². The largest absolute Gasteiger partial charge is 0.491 e. The summed E-state index contributed by atoms with van der Waals surface area (Å²) in [6, 6.07) is 5.33. The van der Waals surface area contributed by atoms with E-state index in [0.29, 0.717) is 0 Å². The summed E-state index contributed by atoms with van der Waals surface area (Å²) in [4.78, 5) is 10.9. The molecule has 4 N–H and O–H groups in total. The molecule has 1 aromatic carbocycles. The Morgan fingerprint density at radius 3 is 2.47 bits per heavy atom. The number of carbonyl (C=O) groups is 1. The number of hydrogen-bond donors (Lipinski definition) is 2. The molecule has 4 nitrogen and oxygen atoms in total. The molecule has 0 aliphatic heterocycles. The van der Waals surface area contributed by atoms with E-state index in [1.165, 1.54) is 5.56 Å². The van der Waals surface area contributed by atoms with Gasteiger partial charge in [0.1, 0.15) is 18.4 Å². The van der Waals surface area contributed by atoms with E-state index in [2.05, 4.69) is 33.8 Å². The van der Waals surface area contributed by atoms with E-state index in [1.807, 2.05) is 12.1 Å². The lowest BCUT2D eigenvalue weighted by Gasteiger charge is -2.24. The third-order valence-corrected chi connectivity index (χ3v) is 3.04. The first kappa shape index (κ1) is 15.5. The summed E-state index contributed by atoms with van der Waals surface area (Å²) in [5.41, 5.74) is 13.1. The number of aryl methyl sites for hydroxylation is 1. The lowest BCUT2D eigenvalue weighted by molar-refractivity contribution is -0.119.